The molecule has 1 heterocycles. The van der Waals surface area contributed by atoms with Crippen molar-refractivity contribution in [3.05, 3.63) is 57.8 Å². The number of hydrogen-bond acceptors (Lipinski definition) is 2. The smallest absolute Gasteiger partial charge is 0.258 e. The average Bonchev–Trinajstić information content (AvgIpc) is 2.41. The minimum absolute atomic E-state index is 0.149. The molecule has 4 heteroatoms. The quantitative estimate of drug-likeness (QED) is 0.870. The number of nitrogens with zero attached hydrogens (tertiary/aromatic N) is 1. The molecule has 0 spiro atoms. The van der Waals surface area contributed by atoms with Crippen molar-refractivity contribution in [2.45, 2.75) is 20.3 Å². The van der Waals surface area contributed by atoms with Gasteiger partial charge in [-0.15, -0.1) is 0 Å². The summed E-state index contributed by atoms with van der Waals surface area (Å²) in [4.78, 5) is 16.3. The maximum absolute atomic E-state index is 12.3. The van der Waals surface area contributed by atoms with Gasteiger partial charge in [-0.3, -0.25) is 4.79 Å². The van der Waals surface area contributed by atoms with E-state index in [2.05, 4.69) is 33.2 Å². The molecule has 0 unspecified atom stereocenters. The third-order valence-corrected chi connectivity index (χ3v) is 3.61. The summed E-state index contributed by atoms with van der Waals surface area (Å²) in [6.45, 7) is 4.07. The highest BCUT2D eigenvalue weighted by atomic mass is 79.9. The zero-order chi connectivity index (χ0) is 13.8. The molecular formula is C15H15BrN2O. The van der Waals surface area contributed by atoms with Crippen LogP contribution in [0.3, 0.4) is 0 Å². The third-order valence-electron chi connectivity index (χ3n) is 2.98. The molecule has 1 amide bonds. The van der Waals surface area contributed by atoms with Crippen molar-refractivity contribution in [2.75, 3.05) is 5.32 Å². The molecule has 98 valence electrons. The number of para-hydroxylation sites is 1. The van der Waals surface area contributed by atoms with Gasteiger partial charge in [-0.1, -0.05) is 25.1 Å². The van der Waals surface area contributed by atoms with Gasteiger partial charge in [0, 0.05) is 11.9 Å². The molecule has 0 saturated carbocycles. The van der Waals surface area contributed by atoms with Crippen molar-refractivity contribution in [3.63, 3.8) is 0 Å². The highest BCUT2D eigenvalue weighted by Gasteiger charge is 2.13. The van der Waals surface area contributed by atoms with Crippen molar-refractivity contribution in [3.8, 4) is 0 Å². The zero-order valence-corrected chi connectivity index (χ0v) is 12.5. The van der Waals surface area contributed by atoms with E-state index in [1.54, 1.807) is 18.3 Å². The average molecular weight is 319 g/mol. The van der Waals surface area contributed by atoms with Crippen LogP contribution >= 0.6 is 15.9 Å². The van der Waals surface area contributed by atoms with E-state index in [1.807, 2.05) is 25.1 Å². The summed E-state index contributed by atoms with van der Waals surface area (Å²) in [5, 5.41) is 2.98. The summed E-state index contributed by atoms with van der Waals surface area (Å²) in [7, 11) is 0. The van der Waals surface area contributed by atoms with Gasteiger partial charge in [0.2, 0.25) is 0 Å². The Labute approximate surface area is 121 Å². The molecule has 0 saturated heterocycles. The Bertz CT molecular complexity index is 611. The molecule has 0 aliphatic rings. The summed E-state index contributed by atoms with van der Waals surface area (Å²) in [6, 6.07) is 9.52. The lowest BCUT2D eigenvalue weighted by molar-refractivity contribution is 0.102. The molecule has 0 aliphatic carbocycles. The second-order valence-corrected chi connectivity index (χ2v) is 5.01. The number of nitrogens with one attached hydrogen (secondary N) is 1. The number of benzene rings is 1. The SMILES string of the molecule is CCc1cccc(C)c1NC(=O)c1cccnc1Br. The first kappa shape index (κ1) is 13.7. The van der Waals surface area contributed by atoms with Gasteiger partial charge >= 0.3 is 0 Å². The van der Waals surface area contributed by atoms with Gasteiger partial charge in [-0.25, -0.2) is 4.98 Å². The van der Waals surface area contributed by atoms with Crippen LogP contribution in [0.25, 0.3) is 0 Å². The van der Waals surface area contributed by atoms with Gasteiger partial charge in [0.1, 0.15) is 4.60 Å². The van der Waals surface area contributed by atoms with E-state index in [0.29, 0.717) is 10.2 Å². The van der Waals surface area contributed by atoms with Gasteiger partial charge in [0.15, 0.2) is 0 Å². The molecule has 0 bridgehead atoms. The zero-order valence-electron chi connectivity index (χ0n) is 10.9. The van der Waals surface area contributed by atoms with Crippen LogP contribution in [0.1, 0.15) is 28.4 Å². The largest absolute Gasteiger partial charge is 0.321 e. The summed E-state index contributed by atoms with van der Waals surface area (Å²) < 4.78 is 0.555. The monoisotopic (exact) mass is 318 g/mol. The number of aromatic nitrogens is 1. The number of rotatable bonds is 3. The molecule has 0 atom stereocenters. The fourth-order valence-corrected chi connectivity index (χ4v) is 2.37. The van der Waals surface area contributed by atoms with Crippen LogP contribution in [0.5, 0.6) is 0 Å². The molecule has 2 rings (SSSR count). The lowest BCUT2D eigenvalue weighted by atomic mass is 10.1. The van der Waals surface area contributed by atoms with E-state index >= 15 is 0 Å². The van der Waals surface area contributed by atoms with Crippen LogP contribution < -0.4 is 5.32 Å². The van der Waals surface area contributed by atoms with Crippen LogP contribution in [-0.4, -0.2) is 10.9 Å². The Hall–Kier alpha value is -1.68. The minimum atomic E-state index is -0.149. The van der Waals surface area contributed by atoms with Crippen molar-refractivity contribution in [2.24, 2.45) is 0 Å². The van der Waals surface area contributed by atoms with Gasteiger partial charge in [0.05, 0.1) is 5.56 Å². The highest BCUT2D eigenvalue weighted by molar-refractivity contribution is 9.10. The Morgan fingerprint density at radius 2 is 2.11 bits per heavy atom. The molecule has 3 nitrogen and oxygen atoms in total. The van der Waals surface area contributed by atoms with Gasteiger partial charge < -0.3 is 5.32 Å². The van der Waals surface area contributed by atoms with Crippen molar-refractivity contribution in [1.82, 2.24) is 4.98 Å². The van der Waals surface area contributed by atoms with Crippen LogP contribution in [0.2, 0.25) is 0 Å². The number of halogens is 1. The van der Waals surface area contributed by atoms with Crippen molar-refractivity contribution >= 4 is 27.5 Å². The van der Waals surface area contributed by atoms with Crippen molar-refractivity contribution in [1.29, 1.82) is 0 Å². The highest BCUT2D eigenvalue weighted by Crippen LogP contribution is 2.23. The van der Waals surface area contributed by atoms with E-state index in [1.165, 1.54) is 0 Å². The summed E-state index contributed by atoms with van der Waals surface area (Å²) in [5.41, 5.74) is 3.62. The number of carbonyl (C=O) groups excluding carboxylic acids is 1. The van der Waals surface area contributed by atoms with Crippen LogP contribution in [0.15, 0.2) is 41.1 Å². The van der Waals surface area contributed by atoms with Gasteiger partial charge in [-0.2, -0.15) is 0 Å². The fourth-order valence-electron chi connectivity index (χ4n) is 1.94. The predicted molar refractivity (Wildman–Crippen MR) is 80.4 cm³/mol. The Morgan fingerprint density at radius 3 is 2.79 bits per heavy atom. The lowest BCUT2D eigenvalue weighted by Gasteiger charge is -2.13. The maximum Gasteiger partial charge on any atom is 0.258 e. The number of amides is 1. The second kappa shape index (κ2) is 5.97. The number of anilines is 1. The maximum atomic E-state index is 12.3. The molecular weight excluding hydrogens is 304 g/mol. The van der Waals surface area contributed by atoms with E-state index in [4.69, 9.17) is 0 Å². The first-order chi connectivity index (χ1) is 9.13. The molecule has 0 radical (unpaired) electrons. The van der Waals surface area contributed by atoms with Crippen molar-refractivity contribution < 1.29 is 4.79 Å². The molecule has 2 aromatic rings. The van der Waals surface area contributed by atoms with E-state index < -0.39 is 0 Å². The molecule has 0 fully saturated rings. The first-order valence-electron chi connectivity index (χ1n) is 6.13. The number of hydrogen-bond donors (Lipinski definition) is 1. The third kappa shape index (κ3) is 3.01. The Balaban J connectivity index is 2.32. The van der Waals surface area contributed by atoms with Crippen LogP contribution in [0.4, 0.5) is 5.69 Å². The molecule has 0 aliphatic heterocycles. The molecule has 1 aromatic carbocycles. The molecule has 1 aromatic heterocycles. The minimum Gasteiger partial charge on any atom is -0.321 e. The van der Waals surface area contributed by atoms with Crippen LogP contribution in [-0.2, 0) is 6.42 Å². The van der Waals surface area contributed by atoms with Crippen LogP contribution in [0, 0.1) is 6.92 Å². The Kier molecular flexibility index (Phi) is 4.32. The molecule has 19 heavy (non-hydrogen) atoms. The standard InChI is InChI=1S/C15H15BrN2O/c1-3-11-7-4-6-10(2)13(11)18-15(19)12-8-5-9-17-14(12)16/h4-9H,3H2,1-2H3,(H,18,19). The first-order valence-corrected chi connectivity index (χ1v) is 6.93. The topological polar surface area (TPSA) is 42.0 Å². The Morgan fingerprint density at radius 1 is 1.32 bits per heavy atom. The van der Waals surface area contributed by atoms with E-state index in [0.717, 1.165) is 23.2 Å². The number of carbonyl (C=O) groups is 1. The summed E-state index contributed by atoms with van der Waals surface area (Å²) >= 11 is 3.29. The van der Waals surface area contributed by atoms with E-state index in [-0.39, 0.29) is 5.91 Å². The summed E-state index contributed by atoms with van der Waals surface area (Å²) in [6.07, 6.45) is 2.53. The normalized spacial score (nSPS) is 10.3. The number of pyridine rings is 1. The molecule has 1 N–H and O–H groups in total. The fraction of sp³-hybridized carbons (Fsp3) is 0.200. The lowest BCUT2D eigenvalue weighted by Crippen LogP contribution is -2.15. The number of aryl methyl sites for hydroxylation is 2. The predicted octanol–water partition coefficient (Wildman–Crippen LogP) is 3.97. The van der Waals surface area contributed by atoms with Gasteiger partial charge in [0.25, 0.3) is 5.91 Å². The van der Waals surface area contributed by atoms with Gasteiger partial charge in [-0.05, 0) is 52.5 Å². The second-order valence-electron chi connectivity index (χ2n) is 4.26. The summed E-state index contributed by atoms with van der Waals surface area (Å²) in [5.74, 6) is -0.149. The van der Waals surface area contributed by atoms with E-state index in [9.17, 15) is 4.79 Å².